The van der Waals surface area contributed by atoms with E-state index in [0.29, 0.717) is 19.4 Å². The highest BCUT2D eigenvalue weighted by Crippen LogP contribution is 2.43. The molecule has 0 fully saturated rings. The predicted octanol–water partition coefficient (Wildman–Crippen LogP) is 11.8. The second-order valence-corrected chi connectivity index (χ2v) is 15.6. The molecule has 0 bridgehead atoms. The number of carbonyl (C=O) groups is 2. The third kappa shape index (κ3) is 39.5. The van der Waals surface area contributed by atoms with Gasteiger partial charge in [0, 0.05) is 19.4 Å². The number of allylic oxidation sites excluding steroid dienone is 8. The smallest absolute Gasteiger partial charge is 0.462 e. The molecule has 308 valence electrons. The highest BCUT2D eigenvalue weighted by atomic mass is 31.2. The fourth-order valence-corrected chi connectivity index (χ4v) is 6.08. The molecule has 0 aromatic heterocycles. The van der Waals surface area contributed by atoms with Crippen molar-refractivity contribution in [2.24, 2.45) is 0 Å². The van der Waals surface area contributed by atoms with Gasteiger partial charge in [-0.15, -0.1) is 0 Å². The maximum Gasteiger partial charge on any atom is 0.472 e. The number of likely N-dealkylation sites (N-methyl/N-ethyl adjacent to an activating group) is 1. The molecule has 2 unspecified atom stereocenters. The Kier molecular flexibility index (Phi) is 36.8. The van der Waals surface area contributed by atoms with Gasteiger partial charge in [0.25, 0.3) is 0 Å². The largest absolute Gasteiger partial charge is 0.472 e. The summed E-state index contributed by atoms with van der Waals surface area (Å²) in [7, 11) is -0.735. The number of ether oxygens (including phenoxy) is 2. The third-order valence-corrected chi connectivity index (χ3v) is 9.59. The van der Waals surface area contributed by atoms with Gasteiger partial charge in [-0.05, 0) is 91.1 Å². The van der Waals surface area contributed by atoms with Crippen LogP contribution in [0.5, 0.6) is 0 Å². The van der Waals surface area contributed by atoms with Crippen LogP contribution in [0.4, 0.5) is 0 Å². The van der Waals surface area contributed by atoms with Crippen molar-refractivity contribution in [1.29, 1.82) is 0 Å². The lowest BCUT2D eigenvalue weighted by Crippen LogP contribution is -2.29. The normalized spacial score (nSPS) is 13.9. The Morgan fingerprint density at radius 2 is 1.02 bits per heavy atom. The molecule has 0 saturated heterocycles. The molecule has 53 heavy (non-hydrogen) atoms. The molecule has 0 aliphatic rings. The van der Waals surface area contributed by atoms with E-state index in [1.165, 1.54) is 64.2 Å². The Morgan fingerprint density at radius 1 is 0.585 bits per heavy atom. The average molecular weight is 768 g/mol. The van der Waals surface area contributed by atoms with E-state index in [4.69, 9.17) is 18.5 Å². The minimum absolute atomic E-state index is 0.00155. The summed E-state index contributed by atoms with van der Waals surface area (Å²) in [5.74, 6) is -0.860. The zero-order chi connectivity index (χ0) is 39.1. The summed E-state index contributed by atoms with van der Waals surface area (Å²) in [4.78, 5) is 36.9. The number of hydrogen-bond donors (Lipinski definition) is 1. The lowest BCUT2D eigenvalue weighted by Gasteiger charge is -2.20. The Morgan fingerprint density at radius 3 is 1.60 bits per heavy atom. The number of unbranched alkanes of at least 4 members (excludes halogenated alkanes) is 16. The van der Waals surface area contributed by atoms with Gasteiger partial charge < -0.3 is 19.3 Å². The van der Waals surface area contributed by atoms with E-state index < -0.39 is 32.5 Å². The van der Waals surface area contributed by atoms with E-state index in [2.05, 4.69) is 62.5 Å². The van der Waals surface area contributed by atoms with Crippen LogP contribution in [0, 0.1) is 0 Å². The first-order valence-electron chi connectivity index (χ1n) is 20.9. The van der Waals surface area contributed by atoms with Crippen LogP contribution in [0.15, 0.2) is 48.6 Å². The zero-order valence-corrected chi connectivity index (χ0v) is 35.1. The lowest BCUT2D eigenvalue weighted by atomic mass is 10.1. The van der Waals surface area contributed by atoms with Crippen molar-refractivity contribution < 1.29 is 37.6 Å². The van der Waals surface area contributed by atoms with Crippen LogP contribution in [0.1, 0.15) is 168 Å². The monoisotopic (exact) mass is 768 g/mol. The first kappa shape index (κ1) is 51.0. The fourth-order valence-electron chi connectivity index (χ4n) is 5.33. The van der Waals surface area contributed by atoms with E-state index >= 15 is 0 Å². The Bertz CT molecular complexity index is 1030. The fraction of sp³-hybridized carbons (Fsp3) is 0.767. The van der Waals surface area contributed by atoms with Crippen molar-refractivity contribution in [2.75, 3.05) is 40.5 Å². The molecule has 0 rings (SSSR count). The summed E-state index contributed by atoms with van der Waals surface area (Å²) in [6.07, 6.45) is 41.5. The van der Waals surface area contributed by atoms with Gasteiger partial charge in [0.2, 0.25) is 0 Å². The summed E-state index contributed by atoms with van der Waals surface area (Å²) < 4.78 is 33.4. The molecule has 2 atom stereocenters. The van der Waals surface area contributed by atoms with Crippen molar-refractivity contribution in [1.82, 2.24) is 4.90 Å². The van der Waals surface area contributed by atoms with E-state index in [9.17, 15) is 19.0 Å². The quantitative estimate of drug-likeness (QED) is 0.0284. The Labute approximate surface area is 324 Å². The first-order valence-corrected chi connectivity index (χ1v) is 22.4. The minimum atomic E-state index is -4.37. The Hall–Kier alpha value is -2.03. The molecule has 0 spiro atoms. The number of nitrogens with zero attached hydrogens (tertiary/aromatic N) is 1. The highest BCUT2D eigenvalue weighted by Gasteiger charge is 2.26. The number of phosphoric acid groups is 1. The number of esters is 2. The predicted molar refractivity (Wildman–Crippen MR) is 220 cm³/mol. The molecule has 0 aromatic carbocycles. The van der Waals surface area contributed by atoms with Crippen LogP contribution in [0.25, 0.3) is 0 Å². The second-order valence-electron chi connectivity index (χ2n) is 14.2. The summed E-state index contributed by atoms with van der Waals surface area (Å²) in [6, 6.07) is 0. The van der Waals surface area contributed by atoms with E-state index in [1.54, 1.807) is 0 Å². The van der Waals surface area contributed by atoms with Gasteiger partial charge in [-0.1, -0.05) is 127 Å². The number of carbonyl (C=O) groups excluding carboxylic acids is 2. The number of rotatable bonds is 38. The van der Waals surface area contributed by atoms with Crippen LogP contribution >= 0.6 is 7.82 Å². The molecule has 0 heterocycles. The molecule has 0 saturated carbocycles. The van der Waals surface area contributed by atoms with E-state index in [0.717, 1.165) is 64.2 Å². The first-order chi connectivity index (χ1) is 25.7. The standard InChI is InChI=1S/C43H78NO8P/c1-5-7-9-11-13-15-17-19-21-23-25-27-29-31-33-35-42(45)49-39-41(40-51-53(47,48)50-38-37-44(3)4)52-43(46)36-34-32-30-28-26-24-22-20-18-16-14-12-10-8-6-2/h13,15,19-22,25,27,41H,5-12,14,16-18,23-24,26,28-40H2,1-4H3,(H,47,48)/b15-13-,21-19-,22-20-,27-25-. The molecule has 9 nitrogen and oxygen atoms in total. The maximum atomic E-state index is 12.6. The van der Waals surface area contributed by atoms with E-state index in [-0.39, 0.29) is 26.1 Å². The zero-order valence-electron chi connectivity index (χ0n) is 34.2. The SMILES string of the molecule is CCCCC/C=C\C/C=C\C/C=C\CCCCC(=O)OCC(COP(=O)(O)OCCN(C)C)OC(=O)CCCCCCC/C=C\CCCCCCCC. The lowest BCUT2D eigenvalue weighted by molar-refractivity contribution is -0.161. The molecule has 1 N–H and O–H groups in total. The van der Waals surface area contributed by atoms with Crippen molar-refractivity contribution in [3.8, 4) is 0 Å². The molecule has 0 amide bonds. The van der Waals surface area contributed by atoms with Crippen molar-refractivity contribution in [3.63, 3.8) is 0 Å². The van der Waals surface area contributed by atoms with Crippen molar-refractivity contribution >= 4 is 19.8 Å². The topological polar surface area (TPSA) is 112 Å². The molecular weight excluding hydrogens is 689 g/mol. The van der Waals surface area contributed by atoms with Crippen LogP contribution in [0.3, 0.4) is 0 Å². The summed E-state index contributed by atoms with van der Waals surface area (Å²) in [5, 5.41) is 0. The summed E-state index contributed by atoms with van der Waals surface area (Å²) >= 11 is 0. The summed E-state index contributed by atoms with van der Waals surface area (Å²) in [6.45, 7) is 4.22. The molecule has 0 aliphatic carbocycles. The Balaban J connectivity index is 4.40. The van der Waals surface area contributed by atoms with Gasteiger partial charge in [0.15, 0.2) is 6.10 Å². The molecule has 10 heteroatoms. The van der Waals surface area contributed by atoms with Gasteiger partial charge >= 0.3 is 19.8 Å². The third-order valence-electron chi connectivity index (χ3n) is 8.61. The van der Waals surface area contributed by atoms with Gasteiger partial charge in [-0.3, -0.25) is 18.6 Å². The van der Waals surface area contributed by atoms with Crippen LogP contribution in [0.2, 0.25) is 0 Å². The molecule has 0 radical (unpaired) electrons. The van der Waals surface area contributed by atoms with Gasteiger partial charge in [-0.2, -0.15) is 0 Å². The number of hydrogen-bond acceptors (Lipinski definition) is 8. The van der Waals surface area contributed by atoms with Gasteiger partial charge in [-0.25, -0.2) is 4.57 Å². The highest BCUT2D eigenvalue weighted by molar-refractivity contribution is 7.47. The second kappa shape index (κ2) is 38.3. The van der Waals surface area contributed by atoms with Crippen LogP contribution in [-0.2, 0) is 32.7 Å². The van der Waals surface area contributed by atoms with E-state index in [1.807, 2.05) is 19.0 Å². The minimum Gasteiger partial charge on any atom is -0.462 e. The number of phosphoric ester groups is 1. The van der Waals surface area contributed by atoms with Crippen LogP contribution < -0.4 is 0 Å². The van der Waals surface area contributed by atoms with Gasteiger partial charge in [0.05, 0.1) is 13.2 Å². The molecule has 0 aliphatic heterocycles. The molecule has 0 aromatic rings. The van der Waals surface area contributed by atoms with Gasteiger partial charge in [0.1, 0.15) is 6.61 Å². The summed E-state index contributed by atoms with van der Waals surface area (Å²) in [5.41, 5.74) is 0. The molecular formula is C43H78NO8P. The van der Waals surface area contributed by atoms with Crippen molar-refractivity contribution in [3.05, 3.63) is 48.6 Å². The van der Waals surface area contributed by atoms with Crippen LogP contribution in [-0.4, -0.2) is 68.3 Å². The average Bonchev–Trinajstić information content (AvgIpc) is 3.12. The van der Waals surface area contributed by atoms with Crippen molar-refractivity contribution in [2.45, 2.75) is 174 Å². The maximum absolute atomic E-state index is 12.6.